The zero-order chi connectivity index (χ0) is 17.1. The van der Waals surface area contributed by atoms with E-state index in [1.54, 1.807) is 24.0 Å². The Morgan fingerprint density at radius 1 is 1.33 bits per heavy atom. The molecule has 2 aromatic heterocycles. The Bertz CT molecular complexity index is 874. The van der Waals surface area contributed by atoms with Crippen molar-refractivity contribution in [2.75, 3.05) is 11.1 Å². The molecule has 0 saturated carbocycles. The smallest absolute Gasteiger partial charge is 0.228 e. The highest BCUT2D eigenvalue weighted by atomic mass is 32.2. The van der Waals surface area contributed by atoms with Crippen LogP contribution in [0.3, 0.4) is 0 Å². The topological polar surface area (TPSA) is 57.8 Å². The Morgan fingerprint density at radius 2 is 2.17 bits per heavy atom. The number of aryl methyl sites for hydroxylation is 1. The van der Waals surface area contributed by atoms with Crippen molar-refractivity contribution in [2.45, 2.75) is 25.3 Å². The summed E-state index contributed by atoms with van der Waals surface area (Å²) in [5, 5.41) is 4.51. The molecule has 4 nitrogen and oxygen atoms in total. The fourth-order valence-corrected chi connectivity index (χ4v) is 3.22. The number of hydrogen-bond acceptors (Lipinski definition) is 3. The number of carbonyl (C=O) groups is 1. The first-order valence-corrected chi connectivity index (χ1v) is 8.70. The van der Waals surface area contributed by atoms with Crippen LogP contribution >= 0.6 is 11.8 Å². The molecule has 1 aromatic carbocycles. The molecular weight excluding hydrogens is 325 g/mol. The largest absolute Gasteiger partial charge is 0.358 e. The van der Waals surface area contributed by atoms with Crippen molar-refractivity contribution >= 4 is 34.3 Å². The predicted octanol–water partition coefficient (Wildman–Crippen LogP) is 4.30. The number of hydrogen-bond donors (Lipinski definition) is 2. The monoisotopic (exact) mass is 343 g/mol. The Kier molecular flexibility index (Phi) is 4.85. The lowest BCUT2D eigenvalue weighted by atomic mass is 10.1. The fourth-order valence-electron chi connectivity index (χ4n) is 2.64. The number of H-pyrrole nitrogens is 1. The molecule has 0 fully saturated rings. The van der Waals surface area contributed by atoms with Gasteiger partial charge >= 0.3 is 0 Å². The molecule has 124 valence electrons. The molecule has 2 heterocycles. The summed E-state index contributed by atoms with van der Waals surface area (Å²) in [6, 6.07) is 8.28. The van der Waals surface area contributed by atoms with Gasteiger partial charge in [-0.3, -0.25) is 4.79 Å². The van der Waals surface area contributed by atoms with E-state index in [1.165, 1.54) is 12.1 Å². The summed E-state index contributed by atoms with van der Waals surface area (Å²) in [5.41, 5.74) is 3.18. The number of halogens is 1. The average Bonchev–Trinajstić information content (AvgIpc) is 2.85. The van der Waals surface area contributed by atoms with Gasteiger partial charge in [0.05, 0.1) is 23.3 Å². The van der Waals surface area contributed by atoms with Crippen LogP contribution in [0.15, 0.2) is 41.6 Å². The minimum absolute atomic E-state index is 0.152. The Hall–Kier alpha value is -2.34. The molecule has 0 unspecified atom stereocenters. The van der Waals surface area contributed by atoms with Crippen molar-refractivity contribution in [1.82, 2.24) is 9.97 Å². The predicted molar refractivity (Wildman–Crippen MR) is 96.0 cm³/mol. The summed E-state index contributed by atoms with van der Waals surface area (Å²) in [6.45, 7) is 3.95. The van der Waals surface area contributed by atoms with E-state index in [9.17, 15) is 9.18 Å². The van der Waals surface area contributed by atoms with Gasteiger partial charge in [0.25, 0.3) is 0 Å². The Labute approximate surface area is 143 Å². The van der Waals surface area contributed by atoms with E-state index in [-0.39, 0.29) is 18.1 Å². The lowest BCUT2D eigenvalue weighted by Crippen LogP contribution is -2.15. The zero-order valence-corrected chi connectivity index (χ0v) is 14.3. The van der Waals surface area contributed by atoms with Gasteiger partial charge in [-0.05, 0) is 48.6 Å². The summed E-state index contributed by atoms with van der Waals surface area (Å²) in [5.74, 6) is 0.493. The summed E-state index contributed by atoms with van der Waals surface area (Å²) >= 11 is 1.65. The van der Waals surface area contributed by atoms with Crippen LogP contribution in [0.1, 0.15) is 18.2 Å². The minimum atomic E-state index is -0.309. The first-order chi connectivity index (χ1) is 11.6. The molecular formula is C18H18FN3OS. The molecule has 3 rings (SSSR count). The summed E-state index contributed by atoms with van der Waals surface area (Å²) in [6.07, 6.45) is 1.83. The van der Waals surface area contributed by atoms with Gasteiger partial charge in [-0.2, -0.15) is 0 Å². The van der Waals surface area contributed by atoms with Crippen LogP contribution in [0.4, 0.5) is 10.1 Å². The molecule has 0 spiro atoms. The molecule has 0 aliphatic carbocycles. The third-order valence-electron chi connectivity index (χ3n) is 3.73. The Morgan fingerprint density at radius 3 is 2.88 bits per heavy atom. The van der Waals surface area contributed by atoms with Crippen LogP contribution in [0.5, 0.6) is 0 Å². The van der Waals surface area contributed by atoms with Gasteiger partial charge in [-0.25, -0.2) is 9.37 Å². The molecule has 0 radical (unpaired) electrons. The second kappa shape index (κ2) is 7.05. The number of rotatable bonds is 5. The number of aromatic amines is 1. The zero-order valence-electron chi connectivity index (χ0n) is 13.5. The first-order valence-electron chi connectivity index (χ1n) is 7.72. The lowest BCUT2D eigenvalue weighted by molar-refractivity contribution is -0.115. The number of nitrogens with zero attached hydrogens (tertiary/aromatic N) is 1. The molecule has 2 N–H and O–H groups in total. The lowest BCUT2D eigenvalue weighted by Gasteiger charge is -2.06. The van der Waals surface area contributed by atoms with Crippen molar-refractivity contribution in [3.63, 3.8) is 0 Å². The minimum Gasteiger partial charge on any atom is -0.358 e. The Balaban J connectivity index is 1.75. The maximum absolute atomic E-state index is 13.5. The van der Waals surface area contributed by atoms with Gasteiger partial charge in [0.1, 0.15) is 5.82 Å². The molecule has 0 atom stereocenters. The third-order valence-corrected chi connectivity index (χ3v) is 4.56. The SMILES string of the molecule is CCSc1ccc(NC(=O)Cc2c(C)[nH]c3ccc(F)cc23)cn1. The number of aromatic nitrogens is 2. The number of thioether (sulfide) groups is 1. The molecule has 0 bridgehead atoms. The van der Waals surface area contributed by atoms with E-state index in [0.29, 0.717) is 5.69 Å². The highest BCUT2D eigenvalue weighted by Gasteiger charge is 2.13. The standard InChI is InChI=1S/C18H18FN3OS/c1-3-24-18-7-5-13(10-20-18)22-17(23)9-14-11(2)21-16-6-4-12(19)8-15(14)16/h4-8,10,21H,3,9H2,1-2H3,(H,22,23). The molecule has 0 saturated heterocycles. The molecule has 1 amide bonds. The molecule has 0 aliphatic heterocycles. The van der Waals surface area contributed by atoms with Crippen molar-refractivity contribution < 1.29 is 9.18 Å². The van der Waals surface area contributed by atoms with Gasteiger partial charge in [-0.1, -0.05) is 6.92 Å². The number of anilines is 1. The number of amides is 1. The van der Waals surface area contributed by atoms with Crippen LogP contribution in [0, 0.1) is 12.7 Å². The van der Waals surface area contributed by atoms with E-state index in [0.717, 1.165) is 32.9 Å². The number of nitrogens with one attached hydrogen (secondary N) is 2. The van der Waals surface area contributed by atoms with Gasteiger partial charge in [0, 0.05) is 16.6 Å². The fraction of sp³-hybridized carbons (Fsp3) is 0.222. The van der Waals surface area contributed by atoms with Crippen molar-refractivity contribution in [1.29, 1.82) is 0 Å². The summed E-state index contributed by atoms with van der Waals surface area (Å²) in [7, 11) is 0. The van der Waals surface area contributed by atoms with Gasteiger partial charge in [-0.15, -0.1) is 11.8 Å². The second-order valence-electron chi connectivity index (χ2n) is 5.46. The van der Waals surface area contributed by atoms with E-state index in [2.05, 4.69) is 22.2 Å². The average molecular weight is 343 g/mol. The maximum Gasteiger partial charge on any atom is 0.228 e. The van der Waals surface area contributed by atoms with Gasteiger partial charge in [0.15, 0.2) is 0 Å². The quantitative estimate of drug-likeness (QED) is 0.679. The number of carbonyl (C=O) groups excluding carboxylic acids is 1. The third kappa shape index (κ3) is 3.59. The first kappa shape index (κ1) is 16.5. The number of pyridine rings is 1. The molecule has 6 heteroatoms. The van der Waals surface area contributed by atoms with E-state index in [1.807, 2.05) is 19.1 Å². The summed E-state index contributed by atoms with van der Waals surface area (Å²) < 4.78 is 13.5. The van der Waals surface area contributed by atoms with E-state index in [4.69, 9.17) is 0 Å². The van der Waals surface area contributed by atoms with Gasteiger partial charge in [0.2, 0.25) is 5.91 Å². The van der Waals surface area contributed by atoms with Crippen LogP contribution in [0.25, 0.3) is 10.9 Å². The second-order valence-corrected chi connectivity index (χ2v) is 6.75. The van der Waals surface area contributed by atoms with Crippen molar-refractivity contribution in [3.8, 4) is 0 Å². The number of fused-ring (bicyclic) bond motifs is 1. The van der Waals surface area contributed by atoms with Crippen LogP contribution in [0.2, 0.25) is 0 Å². The van der Waals surface area contributed by atoms with Crippen LogP contribution in [-0.2, 0) is 11.2 Å². The van der Waals surface area contributed by atoms with Crippen LogP contribution in [-0.4, -0.2) is 21.6 Å². The van der Waals surface area contributed by atoms with Crippen molar-refractivity contribution in [3.05, 3.63) is 53.6 Å². The van der Waals surface area contributed by atoms with Gasteiger partial charge < -0.3 is 10.3 Å². The van der Waals surface area contributed by atoms with Crippen molar-refractivity contribution in [2.24, 2.45) is 0 Å². The van der Waals surface area contributed by atoms with Crippen LogP contribution < -0.4 is 5.32 Å². The maximum atomic E-state index is 13.5. The molecule has 24 heavy (non-hydrogen) atoms. The van der Waals surface area contributed by atoms with E-state index < -0.39 is 0 Å². The van der Waals surface area contributed by atoms with E-state index >= 15 is 0 Å². The summed E-state index contributed by atoms with van der Waals surface area (Å²) in [4.78, 5) is 19.8. The number of benzene rings is 1. The highest BCUT2D eigenvalue weighted by molar-refractivity contribution is 7.99. The normalized spacial score (nSPS) is 11.0. The molecule has 0 aliphatic rings. The highest BCUT2D eigenvalue weighted by Crippen LogP contribution is 2.24. The molecule has 3 aromatic rings.